The largest absolute Gasteiger partial charge is 0.490 e. The molecule has 0 aliphatic heterocycles. The second kappa shape index (κ2) is 11.0. The van der Waals surface area contributed by atoms with E-state index in [-0.39, 0.29) is 17.0 Å². The van der Waals surface area contributed by atoms with Gasteiger partial charge in [-0.05, 0) is 96.0 Å². The highest BCUT2D eigenvalue weighted by atomic mass is 16.5. The van der Waals surface area contributed by atoms with Crippen molar-refractivity contribution in [3.63, 3.8) is 0 Å². The number of hydrogen-bond acceptors (Lipinski definition) is 4. The van der Waals surface area contributed by atoms with E-state index in [1.165, 1.54) is 0 Å². The van der Waals surface area contributed by atoms with E-state index in [4.69, 9.17) is 14.2 Å². The number of allylic oxidation sites excluding steroid dienone is 2. The van der Waals surface area contributed by atoms with Gasteiger partial charge in [0.2, 0.25) is 0 Å². The van der Waals surface area contributed by atoms with Crippen LogP contribution >= 0.6 is 0 Å². The molecule has 0 saturated carbocycles. The van der Waals surface area contributed by atoms with Crippen LogP contribution in [0, 0.1) is 0 Å². The van der Waals surface area contributed by atoms with Crippen LogP contribution in [-0.4, -0.2) is 23.6 Å². The van der Waals surface area contributed by atoms with Crippen LogP contribution in [0.25, 0.3) is 6.08 Å². The van der Waals surface area contributed by atoms with Gasteiger partial charge in [-0.15, -0.1) is 6.58 Å². The van der Waals surface area contributed by atoms with Crippen LogP contribution in [0.4, 0.5) is 0 Å². The molecule has 0 heterocycles. The maximum absolute atomic E-state index is 12.7. The Bertz CT molecular complexity index is 962. The summed E-state index contributed by atoms with van der Waals surface area (Å²) in [6.45, 7) is 20.0. The summed E-state index contributed by atoms with van der Waals surface area (Å²) in [6.07, 6.45) is 7.47. The minimum absolute atomic E-state index is 0.1000. The molecule has 2 aromatic rings. The Hall–Kier alpha value is -3.27. The summed E-state index contributed by atoms with van der Waals surface area (Å²) in [4.78, 5) is 12.7. The van der Waals surface area contributed by atoms with Crippen molar-refractivity contribution in [2.24, 2.45) is 0 Å². The molecule has 0 fully saturated rings. The lowest BCUT2D eigenvalue weighted by atomic mass is 10.0. The lowest BCUT2D eigenvalue weighted by Crippen LogP contribution is -2.26. The molecule has 0 aromatic heterocycles. The molecule has 0 radical (unpaired) electrons. The van der Waals surface area contributed by atoms with Gasteiger partial charge in [0, 0.05) is 11.1 Å². The van der Waals surface area contributed by atoms with Gasteiger partial charge in [-0.2, -0.15) is 0 Å². The topological polar surface area (TPSA) is 44.8 Å². The van der Waals surface area contributed by atoms with Crippen LogP contribution in [0.1, 0.15) is 63.0 Å². The van der Waals surface area contributed by atoms with Crippen molar-refractivity contribution in [2.75, 3.05) is 6.61 Å². The SMILES string of the molecule is C=CCOc1ccc(C(=O)C=Cc2cc(OC(C)(C)C)c(CC=C)c(OC(C)(C)C)c2)cc1. The average molecular weight is 449 g/mol. The van der Waals surface area contributed by atoms with E-state index < -0.39 is 0 Å². The zero-order chi connectivity index (χ0) is 24.6. The zero-order valence-corrected chi connectivity index (χ0v) is 20.7. The molecule has 4 nitrogen and oxygen atoms in total. The number of ketones is 1. The first kappa shape index (κ1) is 26.0. The molecule has 0 atom stereocenters. The van der Waals surface area contributed by atoms with Crippen molar-refractivity contribution in [3.8, 4) is 17.2 Å². The van der Waals surface area contributed by atoms with Gasteiger partial charge in [0.25, 0.3) is 0 Å². The Morgan fingerprint density at radius 2 is 1.42 bits per heavy atom. The minimum atomic E-state index is -0.386. The molecule has 176 valence electrons. The van der Waals surface area contributed by atoms with Crippen molar-refractivity contribution in [3.05, 3.63) is 84.5 Å². The Kier molecular flexibility index (Phi) is 8.69. The van der Waals surface area contributed by atoms with E-state index in [0.29, 0.717) is 24.3 Å². The maximum Gasteiger partial charge on any atom is 0.185 e. The fourth-order valence-corrected chi connectivity index (χ4v) is 3.06. The van der Waals surface area contributed by atoms with Crippen LogP contribution in [0.5, 0.6) is 17.2 Å². The lowest BCUT2D eigenvalue weighted by molar-refractivity contribution is 0.104. The third kappa shape index (κ3) is 8.64. The first-order valence-corrected chi connectivity index (χ1v) is 11.1. The normalized spacial score (nSPS) is 11.8. The van der Waals surface area contributed by atoms with E-state index >= 15 is 0 Å². The van der Waals surface area contributed by atoms with Gasteiger partial charge >= 0.3 is 0 Å². The number of carbonyl (C=O) groups excluding carboxylic acids is 1. The maximum atomic E-state index is 12.7. The van der Waals surface area contributed by atoms with E-state index in [2.05, 4.69) is 13.2 Å². The zero-order valence-electron chi connectivity index (χ0n) is 20.7. The first-order chi connectivity index (χ1) is 15.4. The number of rotatable bonds is 10. The molecule has 0 bridgehead atoms. The summed E-state index contributed by atoms with van der Waals surface area (Å²) in [6, 6.07) is 10.9. The predicted octanol–water partition coefficient (Wildman–Crippen LogP) is 7.23. The van der Waals surface area contributed by atoms with Gasteiger partial charge < -0.3 is 14.2 Å². The van der Waals surface area contributed by atoms with Crippen LogP contribution < -0.4 is 14.2 Å². The van der Waals surface area contributed by atoms with Gasteiger partial charge in [-0.1, -0.05) is 24.8 Å². The molecule has 0 aliphatic carbocycles. The molecular formula is C29H36O4. The molecule has 0 aliphatic rings. The fraction of sp³-hybridized carbons (Fsp3) is 0.345. The lowest BCUT2D eigenvalue weighted by Gasteiger charge is -2.28. The Balaban J connectivity index is 2.39. The summed E-state index contributed by atoms with van der Waals surface area (Å²) in [5.41, 5.74) is 1.57. The molecule has 0 spiro atoms. The molecule has 2 aromatic carbocycles. The third-order valence-electron chi connectivity index (χ3n) is 4.30. The molecule has 0 saturated heterocycles. The molecule has 4 heteroatoms. The van der Waals surface area contributed by atoms with Gasteiger partial charge in [-0.25, -0.2) is 0 Å². The number of benzene rings is 2. The summed E-state index contributed by atoms with van der Waals surface area (Å²) < 4.78 is 18.0. The van der Waals surface area contributed by atoms with E-state index in [1.54, 1.807) is 42.5 Å². The molecule has 0 unspecified atom stereocenters. The van der Waals surface area contributed by atoms with Gasteiger partial charge in [0.15, 0.2) is 5.78 Å². The van der Waals surface area contributed by atoms with Crippen LogP contribution in [0.15, 0.2) is 67.8 Å². The number of ether oxygens (including phenoxy) is 3. The smallest absolute Gasteiger partial charge is 0.185 e. The highest BCUT2D eigenvalue weighted by Crippen LogP contribution is 2.36. The Morgan fingerprint density at radius 3 is 1.88 bits per heavy atom. The molecule has 2 rings (SSSR count). The van der Waals surface area contributed by atoms with Crippen LogP contribution in [0.2, 0.25) is 0 Å². The minimum Gasteiger partial charge on any atom is -0.490 e. The highest BCUT2D eigenvalue weighted by Gasteiger charge is 2.21. The summed E-state index contributed by atoms with van der Waals surface area (Å²) in [5, 5.41) is 0. The number of carbonyl (C=O) groups is 1. The van der Waals surface area contributed by atoms with Gasteiger partial charge in [0.1, 0.15) is 35.1 Å². The van der Waals surface area contributed by atoms with Crippen LogP contribution in [0.3, 0.4) is 0 Å². The standard InChI is InChI=1S/C29H36O4/c1-9-11-24-26(32-28(3,4)5)19-21(20-27(24)33-29(6,7)8)12-17-25(30)22-13-15-23(16-14-22)31-18-10-2/h9-10,12-17,19-20H,1-2,11,18H2,3-8H3. The van der Waals surface area contributed by atoms with E-state index in [1.807, 2.05) is 59.8 Å². The summed E-state index contributed by atoms with van der Waals surface area (Å²) >= 11 is 0. The van der Waals surface area contributed by atoms with Crippen molar-refractivity contribution in [1.29, 1.82) is 0 Å². The predicted molar refractivity (Wildman–Crippen MR) is 137 cm³/mol. The summed E-state index contributed by atoms with van der Waals surface area (Å²) in [5.74, 6) is 2.04. The quantitative estimate of drug-likeness (QED) is 0.218. The van der Waals surface area contributed by atoms with Crippen molar-refractivity contribution in [2.45, 2.75) is 59.2 Å². The van der Waals surface area contributed by atoms with Gasteiger partial charge in [0.05, 0.1) is 0 Å². The Labute approximate surface area is 198 Å². The second-order valence-corrected chi connectivity index (χ2v) is 9.74. The third-order valence-corrected chi connectivity index (χ3v) is 4.30. The average Bonchev–Trinajstić information content (AvgIpc) is 2.71. The molecule has 33 heavy (non-hydrogen) atoms. The van der Waals surface area contributed by atoms with E-state index in [9.17, 15) is 4.79 Å². The molecule has 0 amide bonds. The van der Waals surface area contributed by atoms with Crippen molar-refractivity contribution in [1.82, 2.24) is 0 Å². The fourth-order valence-electron chi connectivity index (χ4n) is 3.06. The Morgan fingerprint density at radius 1 is 0.879 bits per heavy atom. The van der Waals surface area contributed by atoms with Crippen molar-refractivity contribution < 1.29 is 19.0 Å². The second-order valence-electron chi connectivity index (χ2n) is 9.74. The first-order valence-electron chi connectivity index (χ1n) is 11.1. The molecular weight excluding hydrogens is 412 g/mol. The van der Waals surface area contributed by atoms with Gasteiger partial charge in [-0.3, -0.25) is 4.79 Å². The van der Waals surface area contributed by atoms with Crippen molar-refractivity contribution >= 4 is 11.9 Å². The highest BCUT2D eigenvalue weighted by molar-refractivity contribution is 6.06. The van der Waals surface area contributed by atoms with Crippen LogP contribution in [-0.2, 0) is 6.42 Å². The molecule has 0 N–H and O–H groups in total. The summed E-state index contributed by atoms with van der Waals surface area (Å²) in [7, 11) is 0. The van der Waals surface area contributed by atoms with E-state index in [0.717, 1.165) is 22.6 Å². The monoisotopic (exact) mass is 448 g/mol. The number of hydrogen-bond donors (Lipinski definition) is 0.